The van der Waals surface area contributed by atoms with Crippen molar-refractivity contribution < 1.29 is 57.3 Å². The molecule has 0 spiro atoms. The van der Waals surface area contributed by atoms with E-state index in [0.717, 1.165) is 0 Å². The van der Waals surface area contributed by atoms with E-state index in [1.807, 2.05) is 0 Å². The van der Waals surface area contributed by atoms with Gasteiger partial charge in [-0.3, -0.25) is 4.79 Å². The quantitative estimate of drug-likeness (QED) is 0.189. The van der Waals surface area contributed by atoms with E-state index >= 15 is 0 Å². The van der Waals surface area contributed by atoms with Crippen molar-refractivity contribution in [1.82, 2.24) is 5.32 Å². The van der Waals surface area contributed by atoms with Crippen molar-refractivity contribution in [1.29, 1.82) is 0 Å². The van der Waals surface area contributed by atoms with Crippen LogP contribution in [-0.2, 0) is 9.59 Å². The van der Waals surface area contributed by atoms with E-state index in [0.29, 0.717) is 74.0 Å². The molecule has 1 amide bonds. The zero-order chi connectivity index (χ0) is 35.4. The van der Waals surface area contributed by atoms with Gasteiger partial charge < -0.3 is 53.1 Å². The Labute approximate surface area is 279 Å². The Morgan fingerprint density at radius 1 is 0.583 bits per heavy atom. The predicted molar refractivity (Wildman–Crippen MR) is 179 cm³/mol. The lowest BCUT2D eigenvalue weighted by Gasteiger charge is -2.20. The van der Waals surface area contributed by atoms with Crippen LogP contribution in [0.15, 0.2) is 48.0 Å². The van der Waals surface area contributed by atoms with Crippen LogP contribution < -0.4 is 47.9 Å². The van der Waals surface area contributed by atoms with E-state index in [4.69, 9.17) is 42.6 Å². The third-order valence-corrected chi connectivity index (χ3v) is 7.26. The molecule has 2 N–H and O–H groups in total. The maximum Gasteiger partial charge on any atom is 0.332 e. The summed E-state index contributed by atoms with van der Waals surface area (Å²) in [7, 11) is 13.3. The minimum Gasteiger partial charge on any atom is -0.493 e. The highest BCUT2D eigenvalue weighted by atomic mass is 16.5. The molecular weight excluding hydrogens is 626 g/mol. The first-order valence-electron chi connectivity index (χ1n) is 14.5. The molecule has 0 unspecified atom stereocenters. The van der Waals surface area contributed by atoms with E-state index in [9.17, 15) is 14.7 Å². The third kappa shape index (κ3) is 8.16. The number of hydrogen-bond acceptors (Lipinski definition) is 11. The van der Waals surface area contributed by atoms with Gasteiger partial charge in [0.1, 0.15) is 0 Å². The Morgan fingerprint density at radius 3 is 1.25 bits per heavy atom. The van der Waals surface area contributed by atoms with Gasteiger partial charge in [-0.25, -0.2) is 4.79 Å². The Hall–Kier alpha value is -5.72. The SMILES string of the molecule is COc1cc(/C=C/C(=O)NCCC(C(=O)O)=C(c2cc(OC)c(OC)c(OC)c2)c2cc(OC)c(OC)c(OC)c2)cc(OC)c1OC. The summed E-state index contributed by atoms with van der Waals surface area (Å²) in [6, 6.07) is 9.95. The maximum atomic E-state index is 12.9. The van der Waals surface area contributed by atoms with Crippen LogP contribution in [0.5, 0.6) is 51.7 Å². The first-order chi connectivity index (χ1) is 23.1. The molecule has 3 aromatic carbocycles. The van der Waals surface area contributed by atoms with Crippen molar-refractivity contribution in [3.05, 3.63) is 64.7 Å². The number of amides is 1. The molecular formula is C35H41NO12. The van der Waals surface area contributed by atoms with Gasteiger partial charge in [0.25, 0.3) is 0 Å². The van der Waals surface area contributed by atoms with Gasteiger partial charge in [-0.1, -0.05) is 0 Å². The number of nitrogens with one attached hydrogen (secondary N) is 1. The predicted octanol–water partition coefficient (Wildman–Crippen LogP) is 4.87. The summed E-state index contributed by atoms with van der Waals surface area (Å²) >= 11 is 0. The highest BCUT2D eigenvalue weighted by Gasteiger charge is 2.25. The van der Waals surface area contributed by atoms with Crippen molar-refractivity contribution in [3.8, 4) is 51.7 Å². The van der Waals surface area contributed by atoms with Crippen molar-refractivity contribution >= 4 is 23.5 Å². The molecule has 13 heteroatoms. The van der Waals surface area contributed by atoms with Crippen molar-refractivity contribution in [3.63, 3.8) is 0 Å². The van der Waals surface area contributed by atoms with Crippen molar-refractivity contribution in [2.75, 3.05) is 70.5 Å². The number of benzene rings is 3. The topological polar surface area (TPSA) is 149 Å². The lowest BCUT2D eigenvalue weighted by Crippen LogP contribution is -2.23. The minimum atomic E-state index is -1.21. The second-order valence-corrected chi connectivity index (χ2v) is 9.82. The summed E-state index contributed by atoms with van der Waals surface area (Å²) in [5.74, 6) is 1.53. The standard InChI is InChI=1S/C35H41NO12/c1-40-24-14-20(15-25(41-2)32(24)46-7)10-11-30(37)36-13-12-23(35(38)39)31(21-16-26(42-3)33(47-8)27(17-21)43-4)22-18-28(44-5)34(48-9)29(19-22)45-6/h10-11,14-19H,12-13H2,1-9H3,(H,36,37)(H,38,39)/b11-10+. The number of rotatable bonds is 17. The van der Waals surface area contributed by atoms with Crippen LogP contribution in [0.25, 0.3) is 11.6 Å². The largest absolute Gasteiger partial charge is 0.493 e. The molecule has 0 aliphatic carbocycles. The molecule has 0 radical (unpaired) electrons. The number of carboxylic acids is 1. The zero-order valence-electron chi connectivity index (χ0n) is 28.5. The molecule has 0 aromatic heterocycles. The summed E-state index contributed by atoms with van der Waals surface area (Å²) in [6.45, 7) is -0.0155. The van der Waals surface area contributed by atoms with Gasteiger partial charge in [-0.2, -0.15) is 0 Å². The van der Waals surface area contributed by atoms with E-state index in [-0.39, 0.29) is 18.5 Å². The third-order valence-electron chi connectivity index (χ3n) is 7.26. The Bertz CT molecular complexity index is 1540. The summed E-state index contributed by atoms with van der Waals surface area (Å²) in [5.41, 5.74) is 1.77. The molecule has 0 bridgehead atoms. The van der Waals surface area contributed by atoms with Gasteiger partial charge in [-0.05, 0) is 71.2 Å². The average Bonchev–Trinajstić information content (AvgIpc) is 3.11. The lowest BCUT2D eigenvalue weighted by atomic mass is 9.90. The molecule has 258 valence electrons. The van der Waals surface area contributed by atoms with Crippen LogP contribution in [0.2, 0.25) is 0 Å². The Balaban J connectivity index is 2.09. The highest BCUT2D eigenvalue weighted by Crippen LogP contribution is 2.46. The number of hydrogen-bond donors (Lipinski definition) is 2. The van der Waals surface area contributed by atoms with Gasteiger partial charge in [0.2, 0.25) is 23.2 Å². The molecule has 13 nitrogen and oxygen atoms in total. The van der Waals surface area contributed by atoms with Crippen LogP contribution in [0, 0.1) is 0 Å². The summed E-state index contributed by atoms with van der Waals surface area (Å²) in [6.07, 6.45) is 2.83. The number of carboxylic acid groups (broad SMARTS) is 1. The molecule has 3 rings (SSSR count). The first-order valence-corrected chi connectivity index (χ1v) is 14.5. The van der Waals surface area contributed by atoms with E-state index in [1.165, 1.54) is 70.1 Å². The molecule has 0 saturated heterocycles. The highest BCUT2D eigenvalue weighted by molar-refractivity contribution is 6.02. The summed E-state index contributed by atoms with van der Waals surface area (Å²) < 4.78 is 49.3. The number of methoxy groups -OCH3 is 9. The second kappa shape index (κ2) is 17.3. The molecule has 0 saturated carbocycles. The van der Waals surface area contributed by atoms with Crippen LogP contribution in [0.1, 0.15) is 23.1 Å². The lowest BCUT2D eigenvalue weighted by molar-refractivity contribution is -0.132. The maximum absolute atomic E-state index is 12.9. The normalized spacial score (nSPS) is 10.5. The molecule has 0 heterocycles. The van der Waals surface area contributed by atoms with Crippen LogP contribution in [-0.4, -0.2) is 87.5 Å². The molecule has 3 aromatic rings. The molecule has 0 fully saturated rings. The number of aliphatic carboxylic acids is 1. The molecule has 0 atom stereocenters. The zero-order valence-corrected chi connectivity index (χ0v) is 28.5. The van der Waals surface area contributed by atoms with Crippen LogP contribution in [0.3, 0.4) is 0 Å². The number of ether oxygens (including phenoxy) is 9. The smallest absolute Gasteiger partial charge is 0.332 e. The Morgan fingerprint density at radius 2 is 0.938 bits per heavy atom. The van der Waals surface area contributed by atoms with Gasteiger partial charge in [0, 0.05) is 18.2 Å². The summed E-state index contributed by atoms with van der Waals surface area (Å²) in [4.78, 5) is 25.8. The number of carbonyl (C=O) groups is 2. The fraction of sp³-hybridized carbons (Fsp3) is 0.314. The van der Waals surface area contributed by atoms with E-state index in [2.05, 4.69) is 5.32 Å². The minimum absolute atomic E-state index is 0.0155. The average molecular weight is 668 g/mol. The van der Waals surface area contributed by atoms with Gasteiger partial charge in [0.05, 0.1) is 64.0 Å². The Kier molecular flexibility index (Phi) is 13.2. The monoisotopic (exact) mass is 667 g/mol. The fourth-order valence-corrected chi connectivity index (χ4v) is 5.04. The van der Waals surface area contributed by atoms with Gasteiger partial charge >= 0.3 is 5.97 Å². The molecule has 0 aliphatic rings. The molecule has 0 aliphatic heterocycles. The van der Waals surface area contributed by atoms with Gasteiger partial charge in [-0.15, -0.1) is 0 Å². The van der Waals surface area contributed by atoms with E-state index in [1.54, 1.807) is 42.5 Å². The van der Waals surface area contributed by atoms with E-state index < -0.39 is 11.9 Å². The van der Waals surface area contributed by atoms with Crippen molar-refractivity contribution in [2.45, 2.75) is 6.42 Å². The van der Waals surface area contributed by atoms with Gasteiger partial charge in [0.15, 0.2) is 34.5 Å². The van der Waals surface area contributed by atoms with Crippen LogP contribution >= 0.6 is 0 Å². The van der Waals surface area contributed by atoms with Crippen molar-refractivity contribution in [2.24, 2.45) is 0 Å². The van der Waals surface area contributed by atoms with Crippen LogP contribution in [0.4, 0.5) is 0 Å². The summed E-state index contributed by atoms with van der Waals surface area (Å²) in [5, 5.41) is 13.3. The molecule has 48 heavy (non-hydrogen) atoms. The fourth-order valence-electron chi connectivity index (χ4n) is 5.04. The second-order valence-electron chi connectivity index (χ2n) is 9.82. The first kappa shape index (κ1) is 36.7. The number of carbonyl (C=O) groups excluding carboxylic acids is 1.